The minimum Gasteiger partial charge on any atom is -0.497 e. The second kappa shape index (κ2) is 13.6. The van der Waals surface area contributed by atoms with Gasteiger partial charge in [0, 0.05) is 46.5 Å². The van der Waals surface area contributed by atoms with Crippen molar-refractivity contribution in [2.24, 2.45) is 0 Å². The molecule has 0 saturated heterocycles. The SMILES string of the molecule is COc1cc(C)c(S(=O)(=O)N(C)CC(=O)NCC(=O)N(C)Cc2ccc(N(C)CCN(C)C)cc2)c(C)c1. The molecule has 0 unspecified atom stereocenters. The van der Waals surface area contributed by atoms with Crippen molar-refractivity contribution in [1.82, 2.24) is 19.4 Å². The predicted molar refractivity (Wildman–Crippen MR) is 150 cm³/mol. The number of anilines is 1. The number of hydrogen-bond acceptors (Lipinski definition) is 7. The minimum absolute atomic E-state index is 0.138. The number of rotatable bonds is 13. The predicted octanol–water partition coefficient (Wildman–Crippen LogP) is 1.71. The summed E-state index contributed by atoms with van der Waals surface area (Å²) >= 11 is 0. The summed E-state index contributed by atoms with van der Waals surface area (Å²) in [6.07, 6.45) is 0. The van der Waals surface area contributed by atoms with Gasteiger partial charge in [-0.3, -0.25) is 9.59 Å². The molecule has 2 amide bonds. The van der Waals surface area contributed by atoms with Crippen molar-refractivity contribution in [1.29, 1.82) is 0 Å². The average Bonchev–Trinajstić information content (AvgIpc) is 2.85. The number of sulfonamides is 1. The van der Waals surface area contributed by atoms with Gasteiger partial charge < -0.3 is 24.8 Å². The van der Waals surface area contributed by atoms with Crippen LogP contribution in [-0.4, -0.2) is 103 Å². The maximum Gasteiger partial charge on any atom is 0.243 e. The Kier molecular flexibility index (Phi) is 11.1. The summed E-state index contributed by atoms with van der Waals surface area (Å²) in [7, 11) is 6.72. The molecule has 0 aliphatic heterocycles. The van der Waals surface area contributed by atoms with E-state index in [0.29, 0.717) is 23.4 Å². The number of nitrogens with zero attached hydrogens (tertiary/aromatic N) is 4. The summed E-state index contributed by atoms with van der Waals surface area (Å²) in [6.45, 7) is 4.97. The number of benzene rings is 2. The molecule has 2 aromatic carbocycles. The largest absolute Gasteiger partial charge is 0.497 e. The molecule has 11 heteroatoms. The van der Waals surface area contributed by atoms with Crippen molar-refractivity contribution in [2.45, 2.75) is 25.3 Å². The van der Waals surface area contributed by atoms with Crippen LogP contribution in [0.4, 0.5) is 5.69 Å². The van der Waals surface area contributed by atoms with Crippen molar-refractivity contribution >= 4 is 27.5 Å². The summed E-state index contributed by atoms with van der Waals surface area (Å²) in [5.41, 5.74) is 3.11. The van der Waals surface area contributed by atoms with E-state index in [9.17, 15) is 18.0 Å². The van der Waals surface area contributed by atoms with Gasteiger partial charge in [-0.05, 0) is 68.9 Å². The molecular weight excluding hydrogens is 506 g/mol. The van der Waals surface area contributed by atoms with Crippen molar-refractivity contribution in [3.05, 3.63) is 53.1 Å². The van der Waals surface area contributed by atoms with Crippen LogP contribution in [-0.2, 0) is 26.2 Å². The number of aryl methyl sites for hydroxylation is 2. The normalized spacial score (nSPS) is 11.5. The molecule has 0 atom stereocenters. The molecule has 1 N–H and O–H groups in total. The van der Waals surface area contributed by atoms with E-state index < -0.39 is 22.5 Å². The number of hydrogen-bond donors (Lipinski definition) is 1. The van der Waals surface area contributed by atoms with Gasteiger partial charge in [0.2, 0.25) is 21.8 Å². The van der Waals surface area contributed by atoms with Crippen LogP contribution in [0.5, 0.6) is 5.75 Å². The first-order valence-electron chi connectivity index (χ1n) is 12.3. The zero-order valence-corrected chi connectivity index (χ0v) is 24.6. The molecule has 0 fully saturated rings. The maximum atomic E-state index is 13.1. The fourth-order valence-corrected chi connectivity index (χ4v) is 5.47. The van der Waals surface area contributed by atoms with Gasteiger partial charge in [-0.2, -0.15) is 4.31 Å². The van der Waals surface area contributed by atoms with Gasteiger partial charge in [0.05, 0.1) is 25.1 Å². The molecule has 0 aliphatic rings. The van der Waals surface area contributed by atoms with Crippen LogP contribution < -0.4 is 15.0 Å². The highest BCUT2D eigenvalue weighted by Gasteiger charge is 2.27. The summed E-state index contributed by atoms with van der Waals surface area (Å²) in [6, 6.07) is 11.3. The standard InChI is InChI=1S/C27H41N5O5S/c1-20-15-24(37-8)16-21(2)27(20)38(35,36)32(7)19-25(33)28-17-26(34)31(6)18-22-9-11-23(12-10-22)30(5)14-13-29(3)4/h9-12,15-16H,13-14,17-19H2,1-8H3,(H,28,33). The molecule has 10 nitrogen and oxygen atoms in total. The first kappa shape index (κ1) is 31.1. The Labute approximate surface area is 227 Å². The van der Waals surface area contributed by atoms with Crippen LogP contribution in [0.2, 0.25) is 0 Å². The van der Waals surface area contributed by atoms with E-state index in [-0.39, 0.29) is 17.3 Å². The van der Waals surface area contributed by atoms with Crippen LogP contribution >= 0.6 is 0 Å². The van der Waals surface area contributed by atoms with Crippen molar-refractivity contribution in [3.63, 3.8) is 0 Å². The Bertz CT molecular complexity index is 1190. The van der Waals surface area contributed by atoms with Crippen molar-refractivity contribution in [3.8, 4) is 5.75 Å². The van der Waals surface area contributed by atoms with Gasteiger partial charge in [-0.15, -0.1) is 0 Å². The van der Waals surface area contributed by atoms with E-state index in [1.807, 2.05) is 45.4 Å². The zero-order chi connectivity index (χ0) is 28.6. The Morgan fingerprint density at radius 1 is 0.921 bits per heavy atom. The average molecular weight is 548 g/mol. The first-order chi connectivity index (χ1) is 17.8. The van der Waals surface area contributed by atoms with Gasteiger partial charge in [0.25, 0.3) is 0 Å². The van der Waals surface area contributed by atoms with Crippen LogP contribution in [0, 0.1) is 13.8 Å². The lowest BCUT2D eigenvalue weighted by Crippen LogP contribution is -2.43. The minimum atomic E-state index is -3.92. The Morgan fingerprint density at radius 3 is 2.03 bits per heavy atom. The quantitative estimate of drug-likeness (QED) is 0.407. The molecule has 0 heterocycles. The number of carbonyl (C=O) groups is 2. The van der Waals surface area contributed by atoms with E-state index in [4.69, 9.17) is 4.74 Å². The molecule has 0 aromatic heterocycles. The van der Waals surface area contributed by atoms with E-state index in [2.05, 4.69) is 15.1 Å². The molecule has 0 saturated carbocycles. The third-order valence-electron chi connectivity index (χ3n) is 6.25. The molecule has 210 valence electrons. The molecule has 0 spiro atoms. The smallest absolute Gasteiger partial charge is 0.243 e. The van der Waals surface area contributed by atoms with Crippen LogP contribution in [0.3, 0.4) is 0 Å². The highest BCUT2D eigenvalue weighted by atomic mass is 32.2. The summed E-state index contributed by atoms with van der Waals surface area (Å²) in [5, 5.41) is 2.53. The third kappa shape index (κ3) is 8.44. The molecule has 38 heavy (non-hydrogen) atoms. The highest BCUT2D eigenvalue weighted by Crippen LogP contribution is 2.27. The lowest BCUT2D eigenvalue weighted by atomic mass is 10.1. The zero-order valence-electron chi connectivity index (χ0n) is 23.7. The summed E-state index contributed by atoms with van der Waals surface area (Å²) in [4.78, 5) is 31.0. The fourth-order valence-electron chi connectivity index (χ4n) is 3.94. The fraction of sp³-hybridized carbons (Fsp3) is 0.481. The highest BCUT2D eigenvalue weighted by molar-refractivity contribution is 7.89. The summed E-state index contributed by atoms with van der Waals surface area (Å²) < 4.78 is 32.4. The van der Waals surface area contributed by atoms with Gasteiger partial charge in [0.1, 0.15) is 5.75 Å². The number of methoxy groups -OCH3 is 1. The van der Waals surface area contributed by atoms with Gasteiger partial charge in [0.15, 0.2) is 0 Å². The molecule has 2 rings (SSSR count). The topological polar surface area (TPSA) is 102 Å². The lowest BCUT2D eigenvalue weighted by Gasteiger charge is -2.22. The van der Waals surface area contributed by atoms with Crippen LogP contribution in [0.25, 0.3) is 0 Å². The summed E-state index contributed by atoms with van der Waals surface area (Å²) in [5.74, 6) is -0.282. The Balaban J connectivity index is 1.90. The van der Waals surface area contributed by atoms with Crippen molar-refractivity contribution in [2.75, 3.05) is 73.4 Å². The second-order valence-corrected chi connectivity index (χ2v) is 11.8. The van der Waals surface area contributed by atoms with Crippen molar-refractivity contribution < 1.29 is 22.7 Å². The number of nitrogens with one attached hydrogen (secondary N) is 1. The molecule has 0 radical (unpaired) electrons. The van der Waals surface area contributed by atoms with E-state index >= 15 is 0 Å². The number of likely N-dealkylation sites (N-methyl/N-ethyl adjacent to an activating group) is 4. The number of ether oxygens (including phenoxy) is 1. The molecule has 2 aromatic rings. The molecular formula is C27H41N5O5S. The van der Waals surface area contributed by atoms with Gasteiger partial charge in [-0.25, -0.2) is 8.42 Å². The van der Waals surface area contributed by atoms with E-state index in [0.717, 1.165) is 28.6 Å². The monoisotopic (exact) mass is 547 g/mol. The number of carbonyl (C=O) groups excluding carboxylic acids is 2. The second-order valence-electron chi connectivity index (χ2n) is 9.77. The Morgan fingerprint density at radius 2 is 1.50 bits per heavy atom. The lowest BCUT2D eigenvalue weighted by molar-refractivity contribution is -0.132. The molecule has 0 bridgehead atoms. The Hall–Kier alpha value is -3.15. The van der Waals surface area contributed by atoms with E-state index in [1.54, 1.807) is 33.0 Å². The molecule has 0 aliphatic carbocycles. The first-order valence-corrected chi connectivity index (χ1v) is 13.8. The van der Waals surface area contributed by atoms with Crippen LogP contribution in [0.1, 0.15) is 16.7 Å². The maximum absolute atomic E-state index is 13.1. The van der Waals surface area contributed by atoms with E-state index in [1.165, 1.54) is 19.1 Å². The number of amides is 2. The third-order valence-corrected chi connectivity index (χ3v) is 8.36. The van der Waals surface area contributed by atoms with Crippen LogP contribution in [0.15, 0.2) is 41.3 Å². The van der Waals surface area contributed by atoms with Gasteiger partial charge in [-0.1, -0.05) is 12.1 Å². The van der Waals surface area contributed by atoms with Gasteiger partial charge >= 0.3 is 0 Å².